The smallest absolute Gasteiger partial charge is 0.328 e. The van der Waals surface area contributed by atoms with Gasteiger partial charge in [-0.25, -0.2) is 9.78 Å². The maximum Gasteiger partial charge on any atom is 0.328 e. The van der Waals surface area contributed by atoms with Crippen molar-refractivity contribution in [3.63, 3.8) is 0 Å². The Morgan fingerprint density at radius 3 is 2.90 bits per heavy atom. The highest BCUT2D eigenvalue weighted by molar-refractivity contribution is 7.14. The number of aliphatic carboxylic acids is 1. The Hall–Kier alpha value is -1.99. The van der Waals surface area contributed by atoms with Gasteiger partial charge in [0, 0.05) is 23.4 Å². The Balaban J connectivity index is 2.03. The lowest BCUT2D eigenvalue weighted by molar-refractivity contribution is -0.131. The number of hydrogen-bond donors (Lipinski definition) is 1. The van der Waals surface area contributed by atoms with E-state index in [0.717, 1.165) is 16.6 Å². The van der Waals surface area contributed by atoms with Crippen molar-refractivity contribution >= 4 is 40.6 Å². The summed E-state index contributed by atoms with van der Waals surface area (Å²) >= 11 is 2.76. The molecule has 0 bridgehead atoms. The fraction of sp³-hybridized carbons (Fsp3) is 0.154. The summed E-state index contributed by atoms with van der Waals surface area (Å²) in [4.78, 5) is 29.7. The van der Waals surface area contributed by atoms with E-state index in [0.29, 0.717) is 11.4 Å². The molecule has 0 aromatic carbocycles. The first-order chi connectivity index (χ1) is 9.56. The molecule has 0 aliphatic rings. The summed E-state index contributed by atoms with van der Waals surface area (Å²) in [5.41, 5.74) is 2.58. The summed E-state index contributed by atoms with van der Waals surface area (Å²) in [6.45, 7) is 0.459. The van der Waals surface area contributed by atoms with Gasteiger partial charge in [-0.05, 0) is 18.2 Å². The Morgan fingerprint density at radius 1 is 1.45 bits per heavy atom. The van der Waals surface area contributed by atoms with E-state index in [2.05, 4.69) is 4.98 Å². The van der Waals surface area contributed by atoms with E-state index >= 15 is 0 Å². The first-order valence-electron chi connectivity index (χ1n) is 5.69. The first kappa shape index (κ1) is 14.4. The quantitative estimate of drug-likeness (QED) is 0.862. The van der Waals surface area contributed by atoms with Crippen LogP contribution in [-0.2, 0) is 11.3 Å². The van der Waals surface area contributed by atoms with Gasteiger partial charge in [-0.1, -0.05) is 0 Å². The van der Waals surface area contributed by atoms with Crippen molar-refractivity contribution in [1.82, 2.24) is 9.88 Å². The van der Waals surface area contributed by atoms with Crippen molar-refractivity contribution in [2.24, 2.45) is 0 Å². The fourth-order valence-electron chi connectivity index (χ4n) is 1.53. The summed E-state index contributed by atoms with van der Waals surface area (Å²) in [6, 6.07) is 3.43. The van der Waals surface area contributed by atoms with Crippen LogP contribution in [-0.4, -0.2) is 33.9 Å². The van der Waals surface area contributed by atoms with Crippen LogP contribution >= 0.6 is 22.7 Å². The third kappa shape index (κ3) is 3.75. The topological polar surface area (TPSA) is 70.5 Å². The number of rotatable bonds is 5. The molecule has 7 heteroatoms. The Bertz CT molecular complexity index is 632. The minimum Gasteiger partial charge on any atom is -0.478 e. The standard InChI is InChI=1S/C13H12N2O3S2/c1-15(6-9-7-19-8-14-9)13(18)11-4-2-10(20-11)3-5-12(16)17/h2-5,7-8H,6H2,1H3,(H,16,17). The average Bonchev–Trinajstić information content (AvgIpc) is 3.06. The average molecular weight is 308 g/mol. The van der Waals surface area contributed by atoms with Crippen LogP contribution in [0.3, 0.4) is 0 Å². The summed E-state index contributed by atoms with van der Waals surface area (Å²) in [5, 5.41) is 10.5. The summed E-state index contributed by atoms with van der Waals surface area (Å²) < 4.78 is 0. The number of carbonyl (C=O) groups excluding carboxylic acids is 1. The monoisotopic (exact) mass is 308 g/mol. The molecule has 0 fully saturated rings. The molecule has 5 nitrogen and oxygen atoms in total. The van der Waals surface area contributed by atoms with Gasteiger partial charge in [-0.15, -0.1) is 22.7 Å². The predicted molar refractivity (Wildman–Crippen MR) is 78.9 cm³/mol. The molecule has 2 aromatic heterocycles. The number of carboxylic acid groups (broad SMARTS) is 1. The van der Waals surface area contributed by atoms with Crippen LogP contribution in [0.5, 0.6) is 0 Å². The van der Waals surface area contributed by atoms with Gasteiger partial charge in [-0.3, -0.25) is 4.79 Å². The van der Waals surface area contributed by atoms with Crippen molar-refractivity contribution < 1.29 is 14.7 Å². The largest absolute Gasteiger partial charge is 0.478 e. The molecule has 20 heavy (non-hydrogen) atoms. The molecule has 2 heterocycles. The molecule has 0 unspecified atom stereocenters. The highest BCUT2D eigenvalue weighted by atomic mass is 32.1. The number of nitrogens with zero attached hydrogens (tertiary/aromatic N) is 2. The van der Waals surface area contributed by atoms with E-state index in [1.807, 2.05) is 5.38 Å². The molecule has 2 rings (SSSR count). The maximum absolute atomic E-state index is 12.2. The number of aromatic nitrogens is 1. The third-order valence-electron chi connectivity index (χ3n) is 2.46. The lowest BCUT2D eigenvalue weighted by Gasteiger charge is -2.14. The van der Waals surface area contributed by atoms with Gasteiger partial charge < -0.3 is 10.0 Å². The van der Waals surface area contributed by atoms with Gasteiger partial charge in [0.1, 0.15) is 0 Å². The highest BCUT2D eigenvalue weighted by Gasteiger charge is 2.14. The fourth-order valence-corrected chi connectivity index (χ4v) is 2.98. The Kier molecular flexibility index (Phi) is 4.65. The van der Waals surface area contributed by atoms with Crippen LogP contribution in [0.15, 0.2) is 29.1 Å². The first-order valence-corrected chi connectivity index (χ1v) is 7.45. The van der Waals surface area contributed by atoms with E-state index in [1.54, 1.807) is 29.6 Å². The lowest BCUT2D eigenvalue weighted by Crippen LogP contribution is -2.25. The molecule has 0 aliphatic carbocycles. The van der Waals surface area contributed by atoms with Crippen LogP contribution in [0.25, 0.3) is 6.08 Å². The van der Waals surface area contributed by atoms with Gasteiger partial charge in [-0.2, -0.15) is 0 Å². The van der Waals surface area contributed by atoms with Crippen molar-refractivity contribution in [2.45, 2.75) is 6.54 Å². The molecule has 0 saturated heterocycles. The second-order valence-electron chi connectivity index (χ2n) is 4.01. The molecular weight excluding hydrogens is 296 g/mol. The van der Waals surface area contributed by atoms with Gasteiger partial charge in [0.05, 0.1) is 22.6 Å². The molecular formula is C13H12N2O3S2. The molecule has 0 atom stereocenters. The highest BCUT2D eigenvalue weighted by Crippen LogP contribution is 2.20. The van der Waals surface area contributed by atoms with Gasteiger partial charge >= 0.3 is 5.97 Å². The van der Waals surface area contributed by atoms with Crippen molar-refractivity contribution in [1.29, 1.82) is 0 Å². The lowest BCUT2D eigenvalue weighted by atomic mass is 10.3. The van der Waals surface area contributed by atoms with Crippen LogP contribution in [0.4, 0.5) is 0 Å². The summed E-state index contributed by atoms with van der Waals surface area (Å²) in [5.74, 6) is -1.11. The normalized spacial score (nSPS) is 10.8. The van der Waals surface area contributed by atoms with E-state index in [9.17, 15) is 9.59 Å². The SMILES string of the molecule is CN(Cc1cscn1)C(=O)c1ccc(C=CC(=O)O)s1. The second kappa shape index (κ2) is 6.44. The number of hydrogen-bond acceptors (Lipinski definition) is 5. The van der Waals surface area contributed by atoms with Gasteiger partial charge in [0.2, 0.25) is 0 Å². The van der Waals surface area contributed by atoms with Gasteiger partial charge in [0.15, 0.2) is 0 Å². The molecule has 1 amide bonds. The van der Waals surface area contributed by atoms with Crippen molar-refractivity contribution in [3.8, 4) is 0 Å². The van der Waals surface area contributed by atoms with Crippen LogP contribution in [0.2, 0.25) is 0 Å². The van der Waals surface area contributed by atoms with Crippen LogP contribution < -0.4 is 0 Å². The second-order valence-corrected chi connectivity index (χ2v) is 5.85. The predicted octanol–water partition coefficient (Wildman–Crippen LogP) is 2.57. The molecule has 2 aromatic rings. The number of amides is 1. The summed E-state index contributed by atoms with van der Waals surface area (Å²) in [6.07, 6.45) is 2.53. The Labute approximate surface area is 123 Å². The number of thiazole rings is 1. The van der Waals surface area contributed by atoms with E-state index in [1.165, 1.54) is 28.7 Å². The number of carbonyl (C=O) groups is 2. The van der Waals surface area contributed by atoms with Crippen LogP contribution in [0, 0.1) is 0 Å². The van der Waals surface area contributed by atoms with Crippen molar-refractivity contribution in [3.05, 3.63) is 44.5 Å². The summed E-state index contributed by atoms with van der Waals surface area (Å²) in [7, 11) is 1.72. The van der Waals surface area contributed by atoms with E-state index in [-0.39, 0.29) is 5.91 Å². The minimum atomic E-state index is -1.01. The van der Waals surface area contributed by atoms with Crippen molar-refractivity contribution in [2.75, 3.05) is 7.05 Å². The van der Waals surface area contributed by atoms with E-state index in [4.69, 9.17) is 5.11 Å². The molecule has 0 spiro atoms. The molecule has 0 saturated carbocycles. The van der Waals surface area contributed by atoms with Gasteiger partial charge in [0.25, 0.3) is 5.91 Å². The zero-order valence-corrected chi connectivity index (χ0v) is 12.3. The van der Waals surface area contributed by atoms with Crippen LogP contribution in [0.1, 0.15) is 20.2 Å². The molecule has 0 radical (unpaired) electrons. The van der Waals surface area contributed by atoms with E-state index < -0.39 is 5.97 Å². The third-order valence-corrected chi connectivity index (χ3v) is 4.13. The maximum atomic E-state index is 12.2. The number of thiophene rings is 1. The molecule has 1 N–H and O–H groups in total. The zero-order valence-electron chi connectivity index (χ0n) is 10.6. The minimum absolute atomic E-state index is 0.0991. The Morgan fingerprint density at radius 2 is 2.25 bits per heavy atom. The molecule has 104 valence electrons. The number of carboxylic acids is 1. The zero-order chi connectivity index (χ0) is 14.5. The molecule has 0 aliphatic heterocycles.